The highest BCUT2D eigenvalue weighted by Gasteiger charge is 2.23. The Morgan fingerprint density at radius 2 is 1.68 bits per heavy atom. The number of benzene rings is 2. The van der Waals surface area contributed by atoms with E-state index in [0.717, 1.165) is 12.1 Å². The summed E-state index contributed by atoms with van der Waals surface area (Å²) in [5.74, 6) is -0.707. The van der Waals surface area contributed by atoms with Crippen LogP contribution in [0.4, 0.5) is 5.69 Å². The van der Waals surface area contributed by atoms with Crippen molar-refractivity contribution in [3.8, 4) is 0 Å². The number of carbonyl (C=O) groups excluding carboxylic acids is 3. The molecule has 1 saturated heterocycles. The van der Waals surface area contributed by atoms with Crippen LogP contribution >= 0.6 is 0 Å². The second-order valence-corrected chi connectivity index (χ2v) is 5.97. The fraction of sp³-hybridized carbons (Fsp3) is 0.250. The minimum atomic E-state index is -0.866. The zero-order valence-electron chi connectivity index (χ0n) is 14.0. The van der Waals surface area contributed by atoms with Crippen LogP contribution in [0.5, 0.6) is 0 Å². The van der Waals surface area contributed by atoms with Gasteiger partial charge in [-0.15, -0.1) is 0 Å². The number of hydrogen-bond donors (Lipinski definition) is 0. The number of nitrogens with zero attached hydrogens (tertiary/aromatic N) is 1. The molecule has 1 aliphatic heterocycles. The Balaban J connectivity index is 1.65. The number of rotatable bonds is 5. The maximum absolute atomic E-state index is 12.3. The molecule has 0 spiro atoms. The summed E-state index contributed by atoms with van der Waals surface area (Å²) >= 11 is 0. The van der Waals surface area contributed by atoms with Crippen molar-refractivity contribution in [2.75, 3.05) is 11.4 Å². The molecule has 2 aromatic rings. The Bertz CT molecular complexity index is 783. The van der Waals surface area contributed by atoms with Gasteiger partial charge in [0.2, 0.25) is 11.7 Å². The first-order chi connectivity index (χ1) is 12.1. The van der Waals surface area contributed by atoms with Gasteiger partial charge in [0.05, 0.1) is 5.56 Å². The lowest BCUT2D eigenvalue weighted by Crippen LogP contribution is -2.25. The van der Waals surface area contributed by atoms with Gasteiger partial charge in [-0.2, -0.15) is 0 Å². The Hall–Kier alpha value is -2.95. The van der Waals surface area contributed by atoms with Crippen molar-refractivity contribution in [1.29, 1.82) is 0 Å². The van der Waals surface area contributed by atoms with E-state index in [0.29, 0.717) is 24.1 Å². The summed E-state index contributed by atoms with van der Waals surface area (Å²) in [7, 11) is 0. The molecular formula is C20H19NO4. The van der Waals surface area contributed by atoms with Crippen molar-refractivity contribution in [2.45, 2.75) is 25.9 Å². The predicted octanol–water partition coefficient (Wildman–Crippen LogP) is 3.24. The standard InChI is InChI=1S/C20H19NO4/c1-14(19(23)15-6-3-2-4-7-15)25-20(24)16-9-11-17(12-10-16)21-13-5-8-18(21)22/h2-4,6-7,9-12,14H,5,8,13H2,1H3. The number of anilines is 1. The molecule has 2 aromatic carbocycles. The molecule has 1 fully saturated rings. The molecule has 5 nitrogen and oxygen atoms in total. The molecule has 0 saturated carbocycles. The molecule has 3 rings (SSSR count). The van der Waals surface area contributed by atoms with Crippen molar-refractivity contribution >= 4 is 23.3 Å². The summed E-state index contributed by atoms with van der Waals surface area (Å²) in [5.41, 5.74) is 1.63. The maximum atomic E-state index is 12.3. The zero-order valence-corrected chi connectivity index (χ0v) is 14.0. The van der Waals surface area contributed by atoms with Crippen molar-refractivity contribution in [3.05, 3.63) is 65.7 Å². The van der Waals surface area contributed by atoms with Gasteiger partial charge in [-0.05, 0) is 37.6 Å². The monoisotopic (exact) mass is 337 g/mol. The van der Waals surface area contributed by atoms with Crippen LogP contribution in [0.25, 0.3) is 0 Å². The maximum Gasteiger partial charge on any atom is 0.338 e. The molecule has 5 heteroatoms. The first kappa shape index (κ1) is 16.9. The van der Waals surface area contributed by atoms with Gasteiger partial charge >= 0.3 is 5.97 Å². The van der Waals surface area contributed by atoms with Gasteiger partial charge in [0.25, 0.3) is 0 Å². The van der Waals surface area contributed by atoms with E-state index < -0.39 is 12.1 Å². The van der Waals surface area contributed by atoms with E-state index in [2.05, 4.69) is 0 Å². The van der Waals surface area contributed by atoms with Crippen LogP contribution in [0.2, 0.25) is 0 Å². The third-order valence-corrected chi connectivity index (χ3v) is 4.20. The molecule has 1 amide bonds. The van der Waals surface area contributed by atoms with Gasteiger partial charge in [-0.1, -0.05) is 30.3 Å². The smallest absolute Gasteiger partial charge is 0.338 e. The topological polar surface area (TPSA) is 63.7 Å². The normalized spacial score (nSPS) is 15.1. The number of ether oxygens (including phenoxy) is 1. The third kappa shape index (κ3) is 3.76. The first-order valence-corrected chi connectivity index (χ1v) is 8.27. The number of hydrogen-bond acceptors (Lipinski definition) is 4. The molecule has 0 aromatic heterocycles. The molecule has 0 bridgehead atoms. The zero-order chi connectivity index (χ0) is 17.8. The lowest BCUT2D eigenvalue weighted by atomic mass is 10.1. The van der Waals surface area contributed by atoms with E-state index in [-0.39, 0.29) is 11.7 Å². The van der Waals surface area contributed by atoms with Crippen LogP contribution in [0.3, 0.4) is 0 Å². The minimum absolute atomic E-state index is 0.0948. The number of ketones is 1. The molecule has 0 aliphatic carbocycles. The lowest BCUT2D eigenvalue weighted by Gasteiger charge is -2.16. The van der Waals surface area contributed by atoms with E-state index >= 15 is 0 Å². The van der Waals surface area contributed by atoms with Gasteiger partial charge in [-0.3, -0.25) is 9.59 Å². The average Bonchev–Trinajstić information content (AvgIpc) is 3.07. The van der Waals surface area contributed by atoms with Gasteiger partial charge in [-0.25, -0.2) is 4.79 Å². The molecule has 1 atom stereocenters. The van der Waals surface area contributed by atoms with Crippen molar-refractivity contribution < 1.29 is 19.1 Å². The molecule has 25 heavy (non-hydrogen) atoms. The van der Waals surface area contributed by atoms with Crippen LogP contribution in [0, 0.1) is 0 Å². The second-order valence-electron chi connectivity index (χ2n) is 5.97. The lowest BCUT2D eigenvalue weighted by molar-refractivity contribution is -0.117. The van der Waals surface area contributed by atoms with Crippen LogP contribution < -0.4 is 4.90 Å². The van der Waals surface area contributed by atoms with Crippen LogP contribution in [-0.4, -0.2) is 30.3 Å². The average molecular weight is 337 g/mol. The summed E-state index contributed by atoms with van der Waals surface area (Å²) in [5, 5.41) is 0. The molecule has 1 aliphatic rings. The van der Waals surface area contributed by atoms with E-state index in [9.17, 15) is 14.4 Å². The van der Waals surface area contributed by atoms with Gasteiger partial charge in [0.1, 0.15) is 0 Å². The molecule has 1 unspecified atom stereocenters. The molecule has 0 N–H and O–H groups in total. The van der Waals surface area contributed by atoms with Crippen molar-refractivity contribution in [3.63, 3.8) is 0 Å². The third-order valence-electron chi connectivity index (χ3n) is 4.20. The van der Waals surface area contributed by atoms with E-state index in [1.54, 1.807) is 60.4 Å². The minimum Gasteiger partial charge on any atom is -0.451 e. The molecule has 1 heterocycles. The predicted molar refractivity (Wildman–Crippen MR) is 93.7 cm³/mol. The Labute approximate surface area is 146 Å². The molecule has 128 valence electrons. The van der Waals surface area contributed by atoms with E-state index in [1.807, 2.05) is 6.07 Å². The van der Waals surface area contributed by atoms with Gasteiger partial charge < -0.3 is 9.64 Å². The summed E-state index contributed by atoms with van der Waals surface area (Å²) in [6, 6.07) is 15.4. The van der Waals surface area contributed by atoms with Crippen LogP contribution in [0.15, 0.2) is 54.6 Å². The second kappa shape index (κ2) is 7.30. The Morgan fingerprint density at radius 1 is 1.00 bits per heavy atom. The van der Waals surface area contributed by atoms with Gasteiger partial charge in [0, 0.05) is 24.2 Å². The van der Waals surface area contributed by atoms with Crippen molar-refractivity contribution in [1.82, 2.24) is 0 Å². The van der Waals surface area contributed by atoms with Crippen LogP contribution in [-0.2, 0) is 9.53 Å². The SMILES string of the molecule is CC(OC(=O)c1ccc(N2CCCC2=O)cc1)C(=O)c1ccccc1. The van der Waals surface area contributed by atoms with E-state index in [1.165, 1.54) is 0 Å². The fourth-order valence-electron chi connectivity index (χ4n) is 2.82. The number of esters is 1. The summed E-state index contributed by atoms with van der Waals surface area (Å²) < 4.78 is 5.27. The van der Waals surface area contributed by atoms with Crippen LogP contribution in [0.1, 0.15) is 40.5 Å². The highest BCUT2D eigenvalue weighted by molar-refractivity contribution is 6.01. The molecular weight excluding hydrogens is 318 g/mol. The summed E-state index contributed by atoms with van der Waals surface area (Å²) in [4.78, 5) is 37.9. The number of carbonyl (C=O) groups is 3. The number of amides is 1. The largest absolute Gasteiger partial charge is 0.451 e. The highest BCUT2D eigenvalue weighted by atomic mass is 16.5. The van der Waals surface area contributed by atoms with E-state index in [4.69, 9.17) is 4.74 Å². The Kier molecular flexibility index (Phi) is 4.93. The fourth-order valence-corrected chi connectivity index (χ4v) is 2.82. The summed E-state index contributed by atoms with van der Waals surface area (Å²) in [6.07, 6.45) is 0.541. The first-order valence-electron chi connectivity index (χ1n) is 8.27. The Morgan fingerprint density at radius 3 is 2.28 bits per heavy atom. The summed E-state index contributed by atoms with van der Waals surface area (Å²) in [6.45, 7) is 2.26. The molecule has 0 radical (unpaired) electrons. The van der Waals surface area contributed by atoms with Gasteiger partial charge in [0.15, 0.2) is 6.10 Å². The van der Waals surface area contributed by atoms with Crippen molar-refractivity contribution in [2.24, 2.45) is 0 Å². The number of Topliss-reactive ketones (excluding diaryl/α,β-unsaturated/α-hetero) is 1. The highest BCUT2D eigenvalue weighted by Crippen LogP contribution is 2.22. The quantitative estimate of drug-likeness (QED) is 0.621.